The molecule has 34 heavy (non-hydrogen) atoms. The van der Waals surface area contributed by atoms with Crippen LogP contribution in [0.3, 0.4) is 0 Å². The Morgan fingerprint density at radius 1 is 1.29 bits per heavy atom. The number of likely N-dealkylation sites (N-methyl/N-ethyl adjacent to an activating group) is 1. The molecule has 0 radical (unpaired) electrons. The Labute approximate surface area is 213 Å². The number of benzene rings is 2. The molecular formula is C22H26BrClN6O3S. The lowest BCUT2D eigenvalue weighted by molar-refractivity contribution is 0.298. The Kier molecular flexibility index (Phi) is 9.16. The topological polar surface area (TPSA) is 121 Å². The van der Waals surface area contributed by atoms with E-state index < -0.39 is 15.8 Å². The number of halogens is 2. The number of phenols is 1. The number of hydrogen-bond acceptors (Lipinski definition) is 6. The molecule has 12 heteroatoms. The zero-order valence-electron chi connectivity index (χ0n) is 18.6. The van der Waals surface area contributed by atoms with Gasteiger partial charge in [-0.05, 0) is 66.1 Å². The highest BCUT2D eigenvalue weighted by molar-refractivity contribution is 9.10. The van der Waals surface area contributed by atoms with E-state index in [4.69, 9.17) is 16.9 Å². The minimum absolute atomic E-state index is 0.00301. The van der Waals surface area contributed by atoms with Crippen molar-refractivity contribution in [2.45, 2.75) is 24.7 Å². The lowest BCUT2D eigenvalue weighted by Crippen LogP contribution is -2.38. The summed E-state index contributed by atoms with van der Waals surface area (Å²) in [5.41, 5.74) is 0.556. The first-order valence-corrected chi connectivity index (χ1v) is 13.4. The van der Waals surface area contributed by atoms with E-state index >= 15 is 0 Å². The second-order valence-corrected chi connectivity index (χ2v) is 10.7. The zero-order valence-corrected chi connectivity index (χ0v) is 21.8. The van der Waals surface area contributed by atoms with Gasteiger partial charge in [-0.3, -0.25) is 5.32 Å². The minimum Gasteiger partial charge on any atom is -0.504 e. The molecule has 2 aromatic carbocycles. The Bertz CT molecular complexity index is 1200. The summed E-state index contributed by atoms with van der Waals surface area (Å²) in [6.45, 7) is 4.78. The monoisotopic (exact) mass is 568 g/mol. The lowest BCUT2D eigenvalue weighted by atomic mass is 10.3. The maximum Gasteiger partial charge on any atom is 0.248 e. The molecule has 1 heterocycles. The Morgan fingerprint density at radius 3 is 2.65 bits per heavy atom. The number of guanidine groups is 1. The molecule has 1 saturated heterocycles. The van der Waals surface area contributed by atoms with Crippen molar-refractivity contribution in [2.24, 2.45) is 4.99 Å². The molecular weight excluding hydrogens is 544 g/mol. The van der Waals surface area contributed by atoms with E-state index in [9.17, 15) is 13.5 Å². The molecule has 3 N–H and O–H groups in total. The molecule has 0 atom stereocenters. The summed E-state index contributed by atoms with van der Waals surface area (Å²) < 4.78 is 28.9. The average Bonchev–Trinajstić information content (AvgIpc) is 3.31. The minimum atomic E-state index is -4.09. The number of nitrogens with one attached hydrogen (secondary N) is 2. The normalized spacial score (nSPS) is 14.9. The molecule has 1 fully saturated rings. The summed E-state index contributed by atoms with van der Waals surface area (Å²) in [5, 5.41) is 25.2. The first kappa shape index (κ1) is 26.2. The summed E-state index contributed by atoms with van der Waals surface area (Å²) in [7, 11) is -4.09. The maximum absolute atomic E-state index is 13.4. The number of likely N-dealkylation sites (tertiary alicyclic amines) is 1. The van der Waals surface area contributed by atoms with E-state index in [1.807, 2.05) is 6.07 Å². The smallest absolute Gasteiger partial charge is 0.248 e. The highest BCUT2D eigenvalue weighted by Gasteiger charge is 2.31. The van der Waals surface area contributed by atoms with Crippen molar-refractivity contribution in [3.8, 4) is 11.9 Å². The van der Waals surface area contributed by atoms with Crippen LogP contribution in [-0.2, 0) is 10.0 Å². The predicted octanol–water partition coefficient (Wildman–Crippen LogP) is 4.08. The number of aromatic hydroxyl groups is 1. The van der Waals surface area contributed by atoms with Crippen LogP contribution in [0.5, 0.6) is 5.75 Å². The Morgan fingerprint density at radius 2 is 2.00 bits per heavy atom. The number of hydrogen-bond donors (Lipinski definition) is 3. The quantitative estimate of drug-likeness (QED) is 0.144. The summed E-state index contributed by atoms with van der Waals surface area (Å²) >= 11 is 9.64. The fourth-order valence-corrected chi connectivity index (χ4v) is 6.07. The van der Waals surface area contributed by atoms with Crippen LogP contribution in [0.1, 0.15) is 19.8 Å². The van der Waals surface area contributed by atoms with Crippen LogP contribution < -0.4 is 10.6 Å². The average molecular weight is 570 g/mol. The Hall–Kier alpha value is -2.36. The number of anilines is 1. The fourth-order valence-electron chi connectivity index (χ4n) is 3.66. The van der Waals surface area contributed by atoms with Gasteiger partial charge < -0.3 is 15.3 Å². The van der Waals surface area contributed by atoms with Crippen LogP contribution in [0, 0.1) is 11.5 Å². The molecule has 0 saturated carbocycles. The van der Waals surface area contributed by atoms with Crippen molar-refractivity contribution in [3.05, 3.63) is 45.9 Å². The lowest BCUT2D eigenvalue weighted by Gasteiger charge is -2.25. The van der Waals surface area contributed by atoms with E-state index in [2.05, 4.69) is 36.5 Å². The zero-order chi connectivity index (χ0) is 24.7. The summed E-state index contributed by atoms with van der Waals surface area (Å²) in [6, 6.07) is 9.91. The molecule has 9 nitrogen and oxygen atoms in total. The van der Waals surface area contributed by atoms with Gasteiger partial charge in [0, 0.05) is 24.1 Å². The van der Waals surface area contributed by atoms with Crippen molar-refractivity contribution in [2.75, 3.05) is 38.0 Å². The van der Waals surface area contributed by atoms with Crippen molar-refractivity contribution >= 4 is 54.9 Å². The van der Waals surface area contributed by atoms with Gasteiger partial charge in [0.2, 0.25) is 16.0 Å². The number of nitrogens with zero attached hydrogens (tertiary/aromatic N) is 4. The number of nitriles is 1. The molecule has 0 unspecified atom stereocenters. The SMILES string of the molecule is CCN(CCN1CCCC1)S(=O)(=O)c1c(Cl)ccc(NC(=Nc2ccccc2Br)NC#N)c1O. The second-order valence-electron chi connectivity index (χ2n) is 7.59. The maximum atomic E-state index is 13.4. The molecule has 0 spiro atoms. The molecule has 0 amide bonds. The van der Waals surface area contributed by atoms with Gasteiger partial charge in [-0.2, -0.15) is 9.57 Å². The van der Waals surface area contributed by atoms with Gasteiger partial charge in [-0.15, -0.1) is 0 Å². The van der Waals surface area contributed by atoms with Gasteiger partial charge in [-0.25, -0.2) is 13.4 Å². The van der Waals surface area contributed by atoms with Crippen molar-refractivity contribution in [3.63, 3.8) is 0 Å². The van der Waals surface area contributed by atoms with Gasteiger partial charge in [0.05, 0.1) is 16.4 Å². The standard InChI is InChI=1S/C22H26BrClN6O3S/c1-2-30(14-13-29-11-5-6-12-29)34(32,33)21-17(24)9-10-19(20(21)31)28-22(26-15-25)27-18-8-4-3-7-16(18)23/h3-4,7-10,31H,2,5-6,11-14H2,1H3,(H2,26,27,28). The number of phenolic OH excluding ortho intramolecular Hbond substituents is 1. The predicted molar refractivity (Wildman–Crippen MR) is 137 cm³/mol. The van der Waals surface area contributed by atoms with E-state index in [0.717, 1.165) is 25.9 Å². The number of para-hydroxylation sites is 1. The van der Waals surface area contributed by atoms with Crippen LogP contribution in [0.25, 0.3) is 0 Å². The van der Waals surface area contributed by atoms with E-state index in [-0.39, 0.29) is 34.7 Å². The highest BCUT2D eigenvalue weighted by Crippen LogP contribution is 2.38. The van der Waals surface area contributed by atoms with Crippen LogP contribution in [0.4, 0.5) is 11.4 Å². The molecule has 2 aromatic rings. The fraction of sp³-hybridized carbons (Fsp3) is 0.364. The van der Waals surface area contributed by atoms with Crippen molar-refractivity contribution in [1.82, 2.24) is 14.5 Å². The molecule has 0 bridgehead atoms. The van der Waals surface area contributed by atoms with Gasteiger partial charge in [-0.1, -0.05) is 30.7 Å². The first-order valence-electron chi connectivity index (χ1n) is 10.8. The van der Waals surface area contributed by atoms with Gasteiger partial charge in [0.25, 0.3) is 0 Å². The van der Waals surface area contributed by atoms with E-state index in [1.54, 1.807) is 31.3 Å². The molecule has 0 aromatic heterocycles. The molecule has 0 aliphatic carbocycles. The van der Waals surface area contributed by atoms with Crippen molar-refractivity contribution < 1.29 is 13.5 Å². The van der Waals surface area contributed by atoms with Crippen LogP contribution >= 0.6 is 27.5 Å². The van der Waals surface area contributed by atoms with Crippen LogP contribution in [0.15, 0.2) is 50.8 Å². The molecule has 1 aliphatic rings. The molecule has 3 rings (SSSR count). The number of aliphatic imine (C=N–C) groups is 1. The van der Waals surface area contributed by atoms with E-state index in [1.165, 1.54) is 16.4 Å². The van der Waals surface area contributed by atoms with Gasteiger partial charge in [0.15, 0.2) is 11.9 Å². The summed E-state index contributed by atoms with van der Waals surface area (Å²) in [4.78, 5) is 6.17. The summed E-state index contributed by atoms with van der Waals surface area (Å²) in [6.07, 6.45) is 4.00. The summed E-state index contributed by atoms with van der Waals surface area (Å²) in [5.74, 6) is -0.552. The number of rotatable bonds is 8. The molecule has 182 valence electrons. The van der Waals surface area contributed by atoms with Gasteiger partial charge in [0.1, 0.15) is 4.90 Å². The van der Waals surface area contributed by atoms with Gasteiger partial charge >= 0.3 is 0 Å². The third-order valence-corrected chi connectivity index (χ3v) is 8.56. The van der Waals surface area contributed by atoms with Crippen LogP contribution in [0.2, 0.25) is 5.02 Å². The van der Waals surface area contributed by atoms with Crippen molar-refractivity contribution in [1.29, 1.82) is 5.26 Å². The highest BCUT2D eigenvalue weighted by atomic mass is 79.9. The third-order valence-electron chi connectivity index (χ3n) is 5.41. The van der Waals surface area contributed by atoms with Crippen LogP contribution in [-0.4, -0.2) is 61.4 Å². The number of sulfonamides is 1. The molecule has 1 aliphatic heterocycles. The Balaban J connectivity index is 1.92. The first-order chi connectivity index (χ1) is 16.3. The second kappa shape index (κ2) is 11.9. The van der Waals surface area contributed by atoms with E-state index in [0.29, 0.717) is 16.7 Å². The largest absolute Gasteiger partial charge is 0.504 e. The third kappa shape index (κ3) is 6.20.